The Morgan fingerprint density at radius 3 is 2.45 bits per heavy atom. The van der Waals surface area contributed by atoms with Gasteiger partial charge in [0.25, 0.3) is 0 Å². The first kappa shape index (κ1) is 20.7. The summed E-state index contributed by atoms with van der Waals surface area (Å²) in [6.45, 7) is 2.43. The molecule has 0 radical (unpaired) electrons. The van der Waals surface area contributed by atoms with Gasteiger partial charge in [0.05, 0.1) is 5.69 Å². The molecule has 0 aromatic heterocycles. The number of phenolic OH excluding ortho intramolecular Hbond substituents is 1. The number of nitrogens with zero attached hydrogens (tertiary/aromatic N) is 1. The van der Waals surface area contributed by atoms with Gasteiger partial charge in [-0.05, 0) is 54.0 Å². The number of rotatable bonds is 7. The Morgan fingerprint density at radius 1 is 0.968 bits per heavy atom. The van der Waals surface area contributed by atoms with Crippen LogP contribution in [0.4, 0.5) is 5.69 Å². The molecule has 158 valence electrons. The zero-order chi connectivity index (χ0) is 21.5. The molecule has 5 heteroatoms. The SMILES string of the molecule is O=C(CCN1CC=C(c2ccc(O)cc2)CC1)Nc1ccccc1Oc1ccccc1. The summed E-state index contributed by atoms with van der Waals surface area (Å²) in [6.07, 6.45) is 3.55. The fourth-order valence-electron chi connectivity index (χ4n) is 3.60. The lowest BCUT2D eigenvalue weighted by Gasteiger charge is -2.26. The molecule has 5 nitrogen and oxygen atoms in total. The minimum atomic E-state index is -0.0302. The quantitative estimate of drug-likeness (QED) is 0.551. The number of hydrogen-bond acceptors (Lipinski definition) is 4. The van der Waals surface area contributed by atoms with Gasteiger partial charge in [-0.15, -0.1) is 0 Å². The molecule has 3 aromatic rings. The number of para-hydroxylation sites is 3. The van der Waals surface area contributed by atoms with Crippen LogP contribution in [0.3, 0.4) is 0 Å². The standard InChI is InChI=1S/C26H26N2O3/c29-22-12-10-20(11-13-22)21-14-17-28(18-15-21)19-16-26(30)27-24-8-4-5-9-25(24)31-23-6-2-1-3-7-23/h1-14,29H,15-19H2,(H,27,30). The number of benzene rings is 3. The third kappa shape index (κ3) is 5.74. The summed E-state index contributed by atoms with van der Waals surface area (Å²) in [4.78, 5) is 14.8. The third-order valence-corrected chi connectivity index (χ3v) is 5.32. The van der Waals surface area contributed by atoms with Crippen molar-refractivity contribution in [2.45, 2.75) is 12.8 Å². The van der Waals surface area contributed by atoms with Crippen molar-refractivity contribution >= 4 is 17.2 Å². The topological polar surface area (TPSA) is 61.8 Å². The van der Waals surface area contributed by atoms with E-state index in [2.05, 4.69) is 16.3 Å². The van der Waals surface area contributed by atoms with Gasteiger partial charge in [-0.1, -0.05) is 48.5 Å². The summed E-state index contributed by atoms with van der Waals surface area (Å²) < 4.78 is 5.92. The van der Waals surface area contributed by atoms with Crippen LogP contribution >= 0.6 is 0 Å². The Morgan fingerprint density at radius 2 is 1.71 bits per heavy atom. The molecule has 0 bridgehead atoms. The van der Waals surface area contributed by atoms with Crippen molar-refractivity contribution < 1.29 is 14.6 Å². The van der Waals surface area contributed by atoms with E-state index < -0.39 is 0 Å². The van der Waals surface area contributed by atoms with E-state index >= 15 is 0 Å². The van der Waals surface area contributed by atoms with Crippen LogP contribution in [0.5, 0.6) is 17.2 Å². The van der Waals surface area contributed by atoms with Gasteiger partial charge in [0.15, 0.2) is 5.75 Å². The molecule has 0 unspecified atom stereocenters. The summed E-state index contributed by atoms with van der Waals surface area (Å²) in [6, 6.07) is 24.3. The lowest BCUT2D eigenvalue weighted by molar-refractivity contribution is -0.116. The molecule has 1 amide bonds. The van der Waals surface area contributed by atoms with E-state index in [1.54, 1.807) is 12.1 Å². The second-order valence-electron chi connectivity index (χ2n) is 7.54. The fraction of sp³-hybridized carbons (Fsp3) is 0.192. The number of phenols is 1. The molecule has 1 aliphatic rings. The van der Waals surface area contributed by atoms with E-state index in [4.69, 9.17) is 4.74 Å². The molecule has 1 aliphatic heterocycles. The first-order valence-corrected chi connectivity index (χ1v) is 10.5. The van der Waals surface area contributed by atoms with Gasteiger partial charge in [-0.25, -0.2) is 0 Å². The third-order valence-electron chi connectivity index (χ3n) is 5.32. The summed E-state index contributed by atoms with van der Waals surface area (Å²) in [5.74, 6) is 1.61. The van der Waals surface area contributed by atoms with Gasteiger partial charge in [0, 0.05) is 26.1 Å². The molecule has 0 atom stereocenters. The Labute approximate surface area is 182 Å². The van der Waals surface area contributed by atoms with Crippen molar-refractivity contribution in [2.24, 2.45) is 0 Å². The Hall–Kier alpha value is -3.57. The number of carbonyl (C=O) groups excluding carboxylic acids is 1. The summed E-state index contributed by atoms with van der Waals surface area (Å²) >= 11 is 0. The summed E-state index contributed by atoms with van der Waals surface area (Å²) in [7, 11) is 0. The Balaban J connectivity index is 1.29. The normalized spacial score (nSPS) is 14.0. The fourth-order valence-corrected chi connectivity index (χ4v) is 3.60. The minimum absolute atomic E-state index is 0.0302. The second-order valence-corrected chi connectivity index (χ2v) is 7.54. The second kappa shape index (κ2) is 9.96. The van der Waals surface area contributed by atoms with Crippen molar-refractivity contribution in [3.63, 3.8) is 0 Å². The highest BCUT2D eigenvalue weighted by Gasteiger charge is 2.15. The van der Waals surface area contributed by atoms with Gasteiger partial charge in [-0.3, -0.25) is 9.69 Å². The van der Waals surface area contributed by atoms with Crippen molar-refractivity contribution in [3.8, 4) is 17.2 Å². The summed E-state index contributed by atoms with van der Waals surface area (Å²) in [5.41, 5.74) is 3.10. The van der Waals surface area contributed by atoms with Crippen molar-refractivity contribution in [2.75, 3.05) is 25.0 Å². The number of carbonyl (C=O) groups is 1. The average Bonchev–Trinajstić information content (AvgIpc) is 2.81. The molecule has 3 aromatic carbocycles. The molecule has 0 saturated carbocycles. The number of nitrogens with one attached hydrogen (secondary N) is 1. The van der Waals surface area contributed by atoms with Gasteiger partial charge in [0.2, 0.25) is 5.91 Å². The lowest BCUT2D eigenvalue weighted by atomic mass is 9.99. The van der Waals surface area contributed by atoms with Crippen LogP contribution < -0.4 is 10.1 Å². The van der Waals surface area contributed by atoms with Gasteiger partial charge in [-0.2, -0.15) is 0 Å². The van der Waals surface area contributed by atoms with Crippen molar-refractivity contribution in [3.05, 3.63) is 90.5 Å². The van der Waals surface area contributed by atoms with Gasteiger partial charge in [0.1, 0.15) is 11.5 Å². The van der Waals surface area contributed by atoms with E-state index in [1.807, 2.05) is 66.7 Å². The van der Waals surface area contributed by atoms with Crippen LogP contribution in [0.1, 0.15) is 18.4 Å². The van der Waals surface area contributed by atoms with Crippen LogP contribution in [0.15, 0.2) is 84.9 Å². The highest BCUT2D eigenvalue weighted by Crippen LogP contribution is 2.29. The maximum Gasteiger partial charge on any atom is 0.225 e. The average molecular weight is 415 g/mol. The molecule has 0 aliphatic carbocycles. The molecule has 0 fully saturated rings. The van der Waals surface area contributed by atoms with Gasteiger partial charge >= 0.3 is 0 Å². The van der Waals surface area contributed by atoms with Crippen LogP contribution in [0.2, 0.25) is 0 Å². The first-order valence-electron chi connectivity index (χ1n) is 10.5. The molecule has 2 N–H and O–H groups in total. The number of hydrogen-bond donors (Lipinski definition) is 2. The molecule has 4 rings (SSSR count). The van der Waals surface area contributed by atoms with Crippen LogP contribution in [0.25, 0.3) is 5.57 Å². The zero-order valence-corrected chi connectivity index (χ0v) is 17.3. The van der Waals surface area contributed by atoms with Crippen LogP contribution in [0, 0.1) is 0 Å². The monoisotopic (exact) mass is 414 g/mol. The smallest absolute Gasteiger partial charge is 0.225 e. The number of aromatic hydroxyl groups is 1. The van der Waals surface area contributed by atoms with Crippen molar-refractivity contribution in [1.82, 2.24) is 4.90 Å². The number of ether oxygens (including phenoxy) is 1. The van der Waals surface area contributed by atoms with Crippen LogP contribution in [-0.4, -0.2) is 35.5 Å². The van der Waals surface area contributed by atoms with E-state index in [0.717, 1.165) is 30.8 Å². The predicted octanol–water partition coefficient (Wildman–Crippen LogP) is 5.30. The minimum Gasteiger partial charge on any atom is -0.508 e. The predicted molar refractivity (Wildman–Crippen MR) is 123 cm³/mol. The lowest BCUT2D eigenvalue weighted by Crippen LogP contribution is -2.31. The Kier molecular flexibility index (Phi) is 6.65. The van der Waals surface area contributed by atoms with Crippen molar-refractivity contribution in [1.29, 1.82) is 0 Å². The zero-order valence-electron chi connectivity index (χ0n) is 17.3. The van der Waals surface area contributed by atoms with E-state index in [1.165, 1.54) is 5.57 Å². The maximum absolute atomic E-state index is 12.5. The highest BCUT2D eigenvalue weighted by atomic mass is 16.5. The van der Waals surface area contributed by atoms with Crippen LogP contribution in [-0.2, 0) is 4.79 Å². The van der Waals surface area contributed by atoms with Gasteiger partial charge < -0.3 is 15.2 Å². The maximum atomic E-state index is 12.5. The Bertz CT molecular complexity index is 1050. The van der Waals surface area contributed by atoms with E-state index in [0.29, 0.717) is 24.4 Å². The van der Waals surface area contributed by atoms with E-state index in [-0.39, 0.29) is 11.7 Å². The number of amides is 1. The summed E-state index contributed by atoms with van der Waals surface area (Å²) in [5, 5.41) is 12.4. The first-order chi connectivity index (χ1) is 15.2. The molecule has 0 saturated heterocycles. The molecular weight excluding hydrogens is 388 g/mol. The molecular formula is C26H26N2O3. The highest BCUT2D eigenvalue weighted by molar-refractivity contribution is 5.92. The largest absolute Gasteiger partial charge is 0.508 e. The number of anilines is 1. The van der Waals surface area contributed by atoms with E-state index in [9.17, 15) is 9.90 Å². The molecule has 31 heavy (non-hydrogen) atoms. The molecule has 1 heterocycles. The molecule has 0 spiro atoms.